The molecule has 5 rings (SSSR count). The van der Waals surface area contributed by atoms with Crippen molar-refractivity contribution in [1.82, 2.24) is 5.16 Å². The van der Waals surface area contributed by atoms with E-state index in [9.17, 15) is 4.79 Å². The van der Waals surface area contributed by atoms with E-state index in [2.05, 4.69) is 22.6 Å². The van der Waals surface area contributed by atoms with Crippen molar-refractivity contribution in [2.24, 2.45) is 0 Å². The fourth-order valence-electron chi connectivity index (χ4n) is 4.81. The summed E-state index contributed by atoms with van der Waals surface area (Å²) >= 11 is 0. The van der Waals surface area contributed by atoms with Crippen molar-refractivity contribution >= 4 is 11.7 Å². The Morgan fingerprint density at radius 3 is 2.61 bits per heavy atom. The summed E-state index contributed by atoms with van der Waals surface area (Å²) < 4.78 is 16.8. The number of allylic oxidation sites excluding steroid dienone is 2. The van der Waals surface area contributed by atoms with Gasteiger partial charge in [0.2, 0.25) is 5.88 Å². The van der Waals surface area contributed by atoms with Gasteiger partial charge in [0.05, 0.1) is 31.4 Å². The minimum Gasteiger partial charge on any atom is -0.497 e. The highest BCUT2D eigenvalue weighted by Gasteiger charge is 2.42. The van der Waals surface area contributed by atoms with Gasteiger partial charge in [-0.1, -0.05) is 35.5 Å². The first-order valence-corrected chi connectivity index (χ1v) is 10.4. The summed E-state index contributed by atoms with van der Waals surface area (Å²) in [5, 5.41) is 7.56. The second-order valence-corrected chi connectivity index (χ2v) is 8.01. The molecule has 6 nitrogen and oxygen atoms in total. The number of aromatic nitrogens is 1. The Hall–Kier alpha value is -3.54. The van der Waals surface area contributed by atoms with E-state index in [0.717, 1.165) is 34.5 Å². The number of anilines is 1. The van der Waals surface area contributed by atoms with E-state index >= 15 is 0 Å². The van der Waals surface area contributed by atoms with Crippen molar-refractivity contribution in [3.05, 3.63) is 82.2 Å². The number of methoxy groups -OCH3 is 2. The Balaban J connectivity index is 1.67. The lowest BCUT2D eigenvalue weighted by atomic mass is 9.72. The van der Waals surface area contributed by atoms with E-state index in [1.54, 1.807) is 14.2 Å². The average Bonchev–Trinajstić information content (AvgIpc) is 3.18. The van der Waals surface area contributed by atoms with Gasteiger partial charge in [0.1, 0.15) is 11.5 Å². The number of fused-ring (bicyclic) bond motifs is 1. The number of ether oxygens (including phenoxy) is 2. The van der Waals surface area contributed by atoms with Crippen LogP contribution in [-0.4, -0.2) is 25.2 Å². The van der Waals surface area contributed by atoms with Crippen LogP contribution in [0.4, 0.5) is 5.88 Å². The predicted octanol–water partition coefficient (Wildman–Crippen LogP) is 4.96. The largest absolute Gasteiger partial charge is 0.497 e. The molecule has 0 radical (unpaired) electrons. The maximum atomic E-state index is 13.6. The molecule has 2 aromatic carbocycles. The van der Waals surface area contributed by atoms with E-state index in [1.807, 2.05) is 43.3 Å². The summed E-state index contributed by atoms with van der Waals surface area (Å²) in [6.45, 7) is 1.90. The molecule has 0 saturated heterocycles. The lowest BCUT2D eigenvalue weighted by molar-refractivity contribution is -0.116. The lowest BCUT2D eigenvalue weighted by Crippen LogP contribution is -2.29. The smallest absolute Gasteiger partial charge is 0.233 e. The van der Waals surface area contributed by atoms with Crippen molar-refractivity contribution < 1.29 is 18.8 Å². The molecule has 2 atom stereocenters. The Morgan fingerprint density at radius 2 is 1.87 bits per heavy atom. The lowest BCUT2D eigenvalue weighted by Gasteiger charge is -2.35. The molecule has 1 aliphatic carbocycles. The van der Waals surface area contributed by atoms with Crippen LogP contribution in [0.3, 0.4) is 0 Å². The van der Waals surface area contributed by atoms with E-state index in [4.69, 9.17) is 14.0 Å². The molecule has 31 heavy (non-hydrogen) atoms. The fraction of sp³-hybridized carbons (Fsp3) is 0.280. The minimum absolute atomic E-state index is 0.123. The van der Waals surface area contributed by atoms with E-state index < -0.39 is 0 Å². The van der Waals surface area contributed by atoms with Crippen LogP contribution in [0.5, 0.6) is 11.5 Å². The van der Waals surface area contributed by atoms with Crippen molar-refractivity contribution in [2.45, 2.75) is 31.6 Å². The van der Waals surface area contributed by atoms with Crippen LogP contribution in [0.2, 0.25) is 0 Å². The minimum atomic E-state index is -0.327. The molecule has 1 N–H and O–H groups in total. The highest BCUT2D eigenvalue weighted by atomic mass is 16.5. The predicted molar refractivity (Wildman–Crippen MR) is 117 cm³/mol. The normalized spacial score (nSPS) is 20.0. The number of benzene rings is 2. The molecule has 0 saturated carbocycles. The van der Waals surface area contributed by atoms with E-state index in [0.29, 0.717) is 23.8 Å². The second kappa shape index (κ2) is 7.61. The highest BCUT2D eigenvalue weighted by molar-refractivity contribution is 6.01. The van der Waals surface area contributed by atoms with Crippen LogP contribution in [0.25, 0.3) is 0 Å². The molecule has 3 aromatic rings. The zero-order valence-corrected chi connectivity index (χ0v) is 17.8. The molecule has 0 amide bonds. The van der Waals surface area contributed by atoms with Crippen molar-refractivity contribution in [3.8, 4) is 11.5 Å². The number of rotatable bonds is 4. The first kappa shape index (κ1) is 19.4. The second-order valence-electron chi connectivity index (χ2n) is 8.01. The van der Waals surface area contributed by atoms with Gasteiger partial charge < -0.3 is 19.3 Å². The Labute approximate surface area is 180 Å². The van der Waals surface area contributed by atoms with Crippen molar-refractivity contribution in [1.29, 1.82) is 0 Å². The summed E-state index contributed by atoms with van der Waals surface area (Å²) in [5.74, 6) is 1.92. The van der Waals surface area contributed by atoms with Crippen LogP contribution in [0.1, 0.15) is 47.1 Å². The van der Waals surface area contributed by atoms with Gasteiger partial charge >= 0.3 is 0 Å². The Morgan fingerprint density at radius 1 is 1.06 bits per heavy atom. The number of nitrogens with zero attached hydrogens (tertiary/aromatic N) is 1. The first-order valence-electron chi connectivity index (χ1n) is 10.4. The van der Waals surface area contributed by atoms with Gasteiger partial charge in [-0.25, -0.2) is 0 Å². The third-order valence-electron chi connectivity index (χ3n) is 6.28. The molecule has 0 bridgehead atoms. The number of hydrogen-bond donors (Lipinski definition) is 1. The fourth-order valence-corrected chi connectivity index (χ4v) is 4.81. The van der Waals surface area contributed by atoms with Crippen molar-refractivity contribution in [3.63, 3.8) is 0 Å². The summed E-state index contributed by atoms with van der Waals surface area (Å²) in [7, 11) is 3.27. The number of carbonyl (C=O) groups excluding carboxylic acids is 1. The monoisotopic (exact) mass is 416 g/mol. The van der Waals surface area contributed by atoms with Gasteiger partial charge in [-0.2, -0.15) is 0 Å². The molecule has 0 spiro atoms. The molecule has 2 aliphatic rings. The van der Waals surface area contributed by atoms with Crippen LogP contribution >= 0.6 is 0 Å². The van der Waals surface area contributed by atoms with Crippen LogP contribution in [0.15, 0.2) is 64.3 Å². The SMILES string of the molecule is COc1ccc(OC)c([C@@H]2C3=C(C[C@@H](c4ccccc4)CC3=O)Nc3onc(C)c32)c1. The Bertz CT molecular complexity index is 1180. The third-order valence-corrected chi connectivity index (χ3v) is 6.28. The number of ketones is 1. The zero-order valence-electron chi connectivity index (χ0n) is 17.8. The quantitative estimate of drug-likeness (QED) is 0.648. The number of Topliss-reactive ketones (excluding diaryl/α,β-unsaturated/α-hetero) is 1. The molecule has 6 heteroatoms. The molecule has 0 unspecified atom stereocenters. The maximum Gasteiger partial charge on any atom is 0.233 e. The molecule has 2 heterocycles. The standard InChI is InChI=1S/C25H24N2O4/c1-14-22-23(18-13-17(29-2)9-10-21(18)30-3)24-19(26-25(22)31-27-14)11-16(12-20(24)28)15-7-5-4-6-8-15/h4-10,13,16,23,26H,11-12H2,1-3H3/t16-,23+/m1/s1. The summed E-state index contributed by atoms with van der Waals surface area (Å²) in [6.07, 6.45) is 1.19. The summed E-state index contributed by atoms with van der Waals surface area (Å²) in [5.41, 5.74) is 5.31. The molecular weight excluding hydrogens is 392 g/mol. The van der Waals surface area contributed by atoms with Crippen LogP contribution in [-0.2, 0) is 4.79 Å². The van der Waals surface area contributed by atoms with E-state index in [-0.39, 0.29) is 17.6 Å². The molecule has 0 fully saturated rings. The molecule has 1 aliphatic heterocycles. The highest BCUT2D eigenvalue weighted by Crippen LogP contribution is 2.51. The van der Waals surface area contributed by atoms with Crippen LogP contribution in [0, 0.1) is 6.92 Å². The molecular formula is C25H24N2O4. The zero-order chi connectivity index (χ0) is 21.5. The maximum absolute atomic E-state index is 13.6. The first-order chi connectivity index (χ1) is 15.1. The van der Waals surface area contributed by atoms with Gasteiger partial charge in [-0.05, 0) is 43.0 Å². The van der Waals surface area contributed by atoms with Gasteiger partial charge in [-0.3, -0.25) is 4.79 Å². The molecule has 1 aromatic heterocycles. The number of hydrogen-bond acceptors (Lipinski definition) is 6. The van der Waals surface area contributed by atoms with E-state index in [1.165, 1.54) is 5.56 Å². The number of carbonyl (C=O) groups is 1. The topological polar surface area (TPSA) is 73.6 Å². The van der Waals surface area contributed by atoms with Crippen molar-refractivity contribution in [2.75, 3.05) is 19.5 Å². The number of aryl methyl sites for hydroxylation is 1. The number of nitrogens with one attached hydrogen (secondary N) is 1. The summed E-state index contributed by atoms with van der Waals surface area (Å²) in [6, 6.07) is 15.9. The summed E-state index contributed by atoms with van der Waals surface area (Å²) in [4.78, 5) is 13.6. The van der Waals surface area contributed by atoms with Gasteiger partial charge in [0.15, 0.2) is 5.78 Å². The molecule has 158 valence electrons. The van der Waals surface area contributed by atoms with Crippen LogP contribution < -0.4 is 14.8 Å². The van der Waals surface area contributed by atoms with Gasteiger partial charge in [-0.15, -0.1) is 0 Å². The third kappa shape index (κ3) is 3.19. The van der Waals surface area contributed by atoms with Gasteiger partial charge in [0.25, 0.3) is 0 Å². The van der Waals surface area contributed by atoms with Gasteiger partial charge in [0, 0.05) is 23.3 Å². The average molecular weight is 416 g/mol. The Kier molecular flexibility index (Phi) is 4.77.